The molecule has 0 spiro atoms. The largest absolute Gasteiger partial charge is 0.380 e. The lowest BCUT2D eigenvalue weighted by molar-refractivity contribution is -0.384. The van der Waals surface area contributed by atoms with Crippen molar-refractivity contribution in [3.8, 4) is 11.3 Å². The Morgan fingerprint density at radius 3 is 2.87 bits per heavy atom. The van der Waals surface area contributed by atoms with Gasteiger partial charge in [-0.3, -0.25) is 14.8 Å². The van der Waals surface area contributed by atoms with Crippen molar-refractivity contribution < 1.29 is 9.66 Å². The number of ether oxygens (including phenoxy) is 1. The number of non-ortho nitro benzene ring substituents is 1. The summed E-state index contributed by atoms with van der Waals surface area (Å²) in [5.41, 5.74) is 2.90. The number of rotatable bonds is 5. The zero-order valence-electron chi connectivity index (χ0n) is 13.1. The maximum atomic E-state index is 10.8. The van der Waals surface area contributed by atoms with Crippen LogP contribution in [0.15, 0.2) is 30.5 Å². The smallest absolute Gasteiger partial charge is 0.269 e. The van der Waals surface area contributed by atoms with Crippen molar-refractivity contribution in [1.29, 1.82) is 0 Å². The summed E-state index contributed by atoms with van der Waals surface area (Å²) in [7, 11) is 1.88. The van der Waals surface area contributed by atoms with E-state index in [0.29, 0.717) is 12.6 Å². The van der Waals surface area contributed by atoms with Crippen LogP contribution in [0.1, 0.15) is 18.4 Å². The molecule has 2 heterocycles. The topological polar surface area (TPSA) is 82.2 Å². The van der Waals surface area contributed by atoms with Crippen LogP contribution >= 0.6 is 0 Å². The van der Waals surface area contributed by atoms with Crippen LogP contribution in [-0.2, 0) is 18.3 Å². The fourth-order valence-corrected chi connectivity index (χ4v) is 2.81. The molecule has 1 aliphatic heterocycles. The monoisotopic (exact) mass is 316 g/mol. The lowest BCUT2D eigenvalue weighted by Crippen LogP contribution is -2.36. The number of nitrogens with zero attached hydrogens (tertiary/aromatic N) is 3. The van der Waals surface area contributed by atoms with Gasteiger partial charge in [0.05, 0.1) is 17.2 Å². The number of aromatic nitrogens is 2. The molecule has 0 bridgehead atoms. The van der Waals surface area contributed by atoms with Crippen LogP contribution in [0.25, 0.3) is 11.3 Å². The van der Waals surface area contributed by atoms with Crippen LogP contribution in [0.2, 0.25) is 0 Å². The van der Waals surface area contributed by atoms with Crippen molar-refractivity contribution in [3.05, 3.63) is 46.1 Å². The Morgan fingerprint density at radius 1 is 1.43 bits per heavy atom. The average molecular weight is 316 g/mol. The van der Waals surface area contributed by atoms with Crippen LogP contribution in [-0.4, -0.2) is 34.0 Å². The molecular formula is C16H20N4O3. The van der Waals surface area contributed by atoms with Crippen molar-refractivity contribution in [2.45, 2.75) is 25.4 Å². The van der Waals surface area contributed by atoms with Crippen molar-refractivity contribution in [2.75, 3.05) is 13.2 Å². The Bertz CT molecular complexity index is 675. The van der Waals surface area contributed by atoms with Crippen LogP contribution in [0.4, 0.5) is 5.69 Å². The molecule has 1 fully saturated rings. The summed E-state index contributed by atoms with van der Waals surface area (Å²) >= 11 is 0. The molecule has 7 heteroatoms. The van der Waals surface area contributed by atoms with Crippen molar-refractivity contribution >= 4 is 5.69 Å². The molecule has 0 amide bonds. The van der Waals surface area contributed by atoms with E-state index in [1.165, 1.54) is 12.1 Å². The number of hydrogen-bond donors (Lipinski definition) is 1. The summed E-state index contributed by atoms with van der Waals surface area (Å²) in [6.07, 6.45) is 4.18. The molecule has 1 aliphatic rings. The number of nitro groups is 1. The zero-order chi connectivity index (χ0) is 16.2. The SMILES string of the molecule is Cn1cc(CNC2CCCOC2)c(-c2ccc([N+](=O)[O-])cc2)n1. The molecule has 1 atom stereocenters. The van der Waals surface area contributed by atoms with E-state index in [4.69, 9.17) is 4.74 Å². The number of benzene rings is 1. The minimum absolute atomic E-state index is 0.0868. The second-order valence-corrected chi connectivity index (χ2v) is 5.78. The highest BCUT2D eigenvalue weighted by Crippen LogP contribution is 2.24. The molecule has 122 valence electrons. The van der Waals surface area contributed by atoms with Crippen molar-refractivity contribution in [2.24, 2.45) is 7.05 Å². The van der Waals surface area contributed by atoms with Crippen LogP contribution < -0.4 is 5.32 Å². The van der Waals surface area contributed by atoms with Gasteiger partial charge < -0.3 is 10.1 Å². The Kier molecular flexibility index (Phi) is 4.68. The van der Waals surface area contributed by atoms with Crippen LogP contribution in [0, 0.1) is 10.1 Å². The maximum Gasteiger partial charge on any atom is 0.269 e. The van der Waals surface area contributed by atoms with E-state index in [2.05, 4.69) is 10.4 Å². The number of aryl methyl sites for hydroxylation is 1. The van der Waals surface area contributed by atoms with Gasteiger partial charge >= 0.3 is 0 Å². The minimum atomic E-state index is -0.395. The molecule has 0 aliphatic carbocycles. The molecule has 1 unspecified atom stereocenters. The first-order valence-corrected chi connectivity index (χ1v) is 7.72. The summed E-state index contributed by atoms with van der Waals surface area (Å²) in [6.45, 7) is 2.29. The summed E-state index contributed by atoms with van der Waals surface area (Å²) in [6, 6.07) is 6.88. The molecule has 1 N–H and O–H groups in total. The molecular weight excluding hydrogens is 296 g/mol. The van der Waals surface area contributed by atoms with E-state index >= 15 is 0 Å². The molecule has 3 rings (SSSR count). The summed E-state index contributed by atoms with van der Waals surface area (Å²) < 4.78 is 7.25. The second kappa shape index (κ2) is 6.89. The van der Waals surface area contributed by atoms with Gasteiger partial charge in [0.2, 0.25) is 0 Å². The van der Waals surface area contributed by atoms with E-state index in [1.54, 1.807) is 16.8 Å². The van der Waals surface area contributed by atoms with Crippen LogP contribution in [0.5, 0.6) is 0 Å². The summed E-state index contributed by atoms with van der Waals surface area (Å²) in [5.74, 6) is 0. The van der Waals surface area contributed by atoms with Crippen LogP contribution in [0.3, 0.4) is 0 Å². The summed E-state index contributed by atoms with van der Waals surface area (Å²) in [5, 5.41) is 18.8. The second-order valence-electron chi connectivity index (χ2n) is 5.78. The average Bonchev–Trinajstić information content (AvgIpc) is 2.95. The zero-order valence-corrected chi connectivity index (χ0v) is 13.1. The molecule has 2 aromatic rings. The molecule has 1 saturated heterocycles. The molecule has 1 aromatic heterocycles. The van der Waals surface area contributed by atoms with Gasteiger partial charge in [0.25, 0.3) is 5.69 Å². The van der Waals surface area contributed by atoms with Gasteiger partial charge in [-0.05, 0) is 25.0 Å². The fourth-order valence-electron chi connectivity index (χ4n) is 2.81. The third-order valence-electron chi connectivity index (χ3n) is 4.00. The minimum Gasteiger partial charge on any atom is -0.380 e. The number of hydrogen-bond acceptors (Lipinski definition) is 5. The number of nitrogens with one attached hydrogen (secondary N) is 1. The van der Waals surface area contributed by atoms with Crippen molar-refractivity contribution in [3.63, 3.8) is 0 Å². The van der Waals surface area contributed by atoms with Gasteiger partial charge in [-0.25, -0.2) is 0 Å². The Morgan fingerprint density at radius 2 is 2.22 bits per heavy atom. The molecule has 23 heavy (non-hydrogen) atoms. The number of nitro benzene ring substituents is 1. The highest BCUT2D eigenvalue weighted by Gasteiger charge is 2.16. The first-order valence-electron chi connectivity index (χ1n) is 7.72. The fraction of sp³-hybridized carbons (Fsp3) is 0.438. The van der Waals surface area contributed by atoms with E-state index in [9.17, 15) is 10.1 Å². The summed E-state index contributed by atoms with van der Waals surface area (Å²) in [4.78, 5) is 10.4. The van der Waals surface area contributed by atoms with Gasteiger partial charge in [0.15, 0.2) is 0 Å². The lowest BCUT2D eigenvalue weighted by Gasteiger charge is -2.23. The van der Waals surface area contributed by atoms with Gasteiger partial charge in [0.1, 0.15) is 0 Å². The molecule has 7 nitrogen and oxygen atoms in total. The Labute approximate surface area is 134 Å². The highest BCUT2D eigenvalue weighted by atomic mass is 16.6. The lowest BCUT2D eigenvalue weighted by atomic mass is 10.1. The van der Waals surface area contributed by atoms with E-state index in [1.807, 2.05) is 13.2 Å². The Hall–Kier alpha value is -2.25. The van der Waals surface area contributed by atoms with Gasteiger partial charge in [-0.15, -0.1) is 0 Å². The standard InChI is InChI=1S/C16H20N4O3/c1-19-10-13(9-17-14-3-2-8-23-11-14)16(18-19)12-4-6-15(7-5-12)20(21)22/h4-7,10,14,17H,2-3,8-9,11H2,1H3. The molecule has 0 radical (unpaired) electrons. The van der Waals surface area contributed by atoms with Gasteiger partial charge in [-0.1, -0.05) is 0 Å². The quantitative estimate of drug-likeness (QED) is 0.676. The van der Waals surface area contributed by atoms with E-state index in [0.717, 1.165) is 42.9 Å². The molecule has 1 aromatic carbocycles. The molecule has 0 saturated carbocycles. The predicted octanol–water partition coefficient (Wildman–Crippen LogP) is 2.26. The first-order chi connectivity index (χ1) is 11.1. The van der Waals surface area contributed by atoms with Crippen molar-refractivity contribution in [1.82, 2.24) is 15.1 Å². The van der Waals surface area contributed by atoms with E-state index < -0.39 is 4.92 Å². The third-order valence-corrected chi connectivity index (χ3v) is 4.00. The first kappa shape index (κ1) is 15.6. The third kappa shape index (κ3) is 3.75. The maximum absolute atomic E-state index is 10.8. The highest BCUT2D eigenvalue weighted by molar-refractivity contribution is 5.64. The Balaban J connectivity index is 1.75. The van der Waals surface area contributed by atoms with E-state index in [-0.39, 0.29) is 5.69 Å². The predicted molar refractivity (Wildman–Crippen MR) is 86.0 cm³/mol. The normalized spacial score (nSPS) is 18.0. The van der Waals surface area contributed by atoms with Gasteiger partial charge in [0, 0.05) is 55.7 Å². The van der Waals surface area contributed by atoms with Gasteiger partial charge in [-0.2, -0.15) is 5.10 Å².